The zero-order valence-electron chi connectivity index (χ0n) is 16.2. The van der Waals surface area contributed by atoms with Gasteiger partial charge in [-0.15, -0.1) is 0 Å². The minimum absolute atomic E-state index is 0.0575. The summed E-state index contributed by atoms with van der Waals surface area (Å²) in [5, 5.41) is 12.2. The lowest BCUT2D eigenvalue weighted by Gasteiger charge is -2.11. The van der Waals surface area contributed by atoms with Crippen molar-refractivity contribution in [1.29, 1.82) is 5.26 Å². The number of hydrogen-bond donors (Lipinski definition) is 1. The third-order valence-electron chi connectivity index (χ3n) is 4.46. The Kier molecular flexibility index (Phi) is 6.99. The second-order valence-electron chi connectivity index (χ2n) is 6.46. The van der Waals surface area contributed by atoms with Crippen LogP contribution in [0, 0.1) is 17.1 Å². The van der Waals surface area contributed by atoms with Crippen LogP contribution in [0.25, 0.3) is 6.08 Å². The molecule has 0 heterocycles. The Morgan fingerprint density at radius 2 is 1.87 bits per heavy atom. The highest BCUT2D eigenvalue weighted by Gasteiger charge is 2.13. The van der Waals surface area contributed by atoms with Crippen molar-refractivity contribution in [3.8, 4) is 11.8 Å². The third-order valence-corrected chi connectivity index (χ3v) is 4.98. The lowest BCUT2D eigenvalue weighted by molar-refractivity contribution is -0.112. The molecule has 3 rings (SSSR count). The van der Waals surface area contributed by atoms with E-state index >= 15 is 0 Å². The van der Waals surface area contributed by atoms with Crippen molar-refractivity contribution in [3.05, 3.63) is 99.3 Å². The van der Waals surface area contributed by atoms with Crippen molar-refractivity contribution in [2.75, 3.05) is 12.4 Å². The van der Waals surface area contributed by atoms with Gasteiger partial charge in [-0.05, 0) is 65.2 Å². The summed E-state index contributed by atoms with van der Waals surface area (Å²) in [4.78, 5) is 12.6. The smallest absolute Gasteiger partial charge is 0.266 e. The summed E-state index contributed by atoms with van der Waals surface area (Å²) in [5.41, 5.74) is 2.41. The quantitative estimate of drug-likeness (QED) is 0.374. The lowest BCUT2D eigenvalue weighted by Crippen LogP contribution is -2.13. The largest absolute Gasteiger partial charge is 0.497 e. The minimum Gasteiger partial charge on any atom is -0.497 e. The Labute approximate surface area is 182 Å². The zero-order chi connectivity index (χ0) is 21.5. The number of nitrogens with zero attached hydrogens (tertiary/aromatic N) is 1. The van der Waals surface area contributed by atoms with Gasteiger partial charge in [0.25, 0.3) is 5.91 Å². The van der Waals surface area contributed by atoms with E-state index in [1.165, 1.54) is 12.1 Å². The predicted molar refractivity (Wildman–Crippen MR) is 119 cm³/mol. The van der Waals surface area contributed by atoms with E-state index in [-0.39, 0.29) is 11.4 Å². The van der Waals surface area contributed by atoms with E-state index in [9.17, 15) is 14.4 Å². The van der Waals surface area contributed by atoms with Gasteiger partial charge in [-0.3, -0.25) is 4.79 Å². The fourth-order valence-corrected chi connectivity index (χ4v) is 3.15. The first-order chi connectivity index (χ1) is 14.5. The maximum atomic E-state index is 14.2. The van der Waals surface area contributed by atoms with Gasteiger partial charge in [0.1, 0.15) is 23.2 Å². The Bertz CT molecular complexity index is 1130. The molecule has 6 heteroatoms. The van der Waals surface area contributed by atoms with Crippen LogP contribution in [-0.4, -0.2) is 13.0 Å². The van der Waals surface area contributed by atoms with E-state index < -0.39 is 5.91 Å². The summed E-state index contributed by atoms with van der Waals surface area (Å²) in [6.07, 6.45) is 1.80. The number of hydrogen-bond acceptors (Lipinski definition) is 3. The minimum atomic E-state index is -0.521. The number of carbonyl (C=O) groups is 1. The molecule has 3 aromatic carbocycles. The van der Waals surface area contributed by atoms with E-state index in [1.54, 1.807) is 67.8 Å². The predicted octanol–water partition coefficient (Wildman–Crippen LogP) is 5.73. The number of anilines is 1. The molecule has 0 aromatic heterocycles. The number of nitrogens with one attached hydrogen (secondary N) is 1. The number of nitriles is 1. The molecular weight excluding hydrogens is 447 g/mol. The standard InChI is InChI=1S/C24H18BrFN2O2/c1-30-22-11-6-16(18(14-22)13-17-4-2-3-5-23(17)26)12-19(15-27)24(29)28-21-9-7-20(25)8-10-21/h2-12,14H,13H2,1H3,(H,28,29)/b19-12+. The number of amides is 1. The van der Waals surface area contributed by atoms with Crippen LogP contribution in [0.3, 0.4) is 0 Å². The molecule has 1 N–H and O–H groups in total. The molecule has 0 atom stereocenters. The fourth-order valence-electron chi connectivity index (χ4n) is 2.89. The average Bonchev–Trinajstić information content (AvgIpc) is 2.75. The van der Waals surface area contributed by atoms with Crippen LogP contribution in [0.2, 0.25) is 0 Å². The summed E-state index contributed by atoms with van der Waals surface area (Å²) >= 11 is 3.34. The van der Waals surface area contributed by atoms with Gasteiger partial charge in [0.05, 0.1) is 7.11 Å². The highest BCUT2D eigenvalue weighted by atomic mass is 79.9. The maximum absolute atomic E-state index is 14.2. The number of ether oxygens (including phenoxy) is 1. The molecule has 0 unspecified atom stereocenters. The van der Waals surface area contributed by atoms with Gasteiger partial charge in [-0.25, -0.2) is 4.39 Å². The molecule has 1 amide bonds. The van der Waals surface area contributed by atoms with Gasteiger partial charge < -0.3 is 10.1 Å². The summed E-state index contributed by atoms with van der Waals surface area (Å²) in [6.45, 7) is 0. The van der Waals surface area contributed by atoms with Crippen LogP contribution in [0.5, 0.6) is 5.75 Å². The van der Waals surface area contributed by atoms with Gasteiger partial charge in [-0.2, -0.15) is 5.26 Å². The Morgan fingerprint density at radius 1 is 1.13 bits per heavy atom. The molecule has 0 spiro atoms. The van der Waals surface area contributed by atoms with Crippen LogP contribution in [-0.2, 0) is 11.2 Å². The molecule has 0 aliphatic rings. The van der Waals surface area contributed by atoms with E-state index in [4.69, 9.17) is 4.74 Å². The summed E-state index contributed by atoms with van der Waals surface area (Å²) in [6, 6.07) is 20.8. The Balaban J connectivity index is 1.93. The summed E-state index contributed by atoms with van der Waals surface area (Å²) in [5.74, 6) is -0.229. The highest BCUT2D eigenvalue weighted by molar-refractivity contribution is 9.10. The van der Waals surface area contributed by atoms with E-state index in [2.05, 4.69) is 21.2 Å². The van der Waals surface area contributed by atoms with Crippen molar-refractivity contribution < 1.29 is 13.9 Å². The fraction of sp³-hybridized carbons (Fsp3) is 0.0833. The highest BCUT2D eigenvalue weighted by Crippen LogP contribution is 2.24. The number of benzene rings is 3. The molecule has 0 radical (unpaired) electrons. The zero-order valence-corrected chi connectivity index (χ0v) is 17.7. The molecule has 0 saturated heterocycles. The molecule has 0 saturated carbocycles. The van der Waals surface area contributed by atoms with Crippen LogP contribution in [0.15, 0.2) is 76.8 Å². The first-order valence-electron chi connectivity index (χ1n) is 9.09. The number of carbonyl (C=O) groups excluding carboxylic acids is 1. The molecule has 3 aromatic rings. The second-order valence-corrected chi connectivity index (χ2v) is 7.38. The molecule has 0 fully saturated rings. The maximum Gasteiger partial charge on any atom is 0.266 e. The Hall–Kier alpha value is -3.43. The topological polar surface area (TPSA) is 62.1 Å². The number of methoxy groups -OCH3 is 1. The molecule has 0 bridgehead atoms. The molecule has 30 heavy (non-hydrogen) atoms. The van der Waals surface area contributed by atoms with Crippen molar-refractivity contribution in [2.24, 2.45) is 0 Å². The summed E-state index contributed by atoms with van der Waals surface area (Å²) < 4.78 is 20.3. The van der Waals surface area contributed by atoms with Crippen molar-refractivity contribution in [3.63, 3.8) is 0 Å². The van der Waals surface area contributed by atoms with E-state index in [0.717, 1.165) is 10.0 Å². The van der Waals surface area contributed by atoms with Gasteiger partial charge >= 0.3 is 0 Å². The van der Waals surface area contributed by atoms with Gasteiger partial charge in [0.2, 0.25) is 0 Å². The normalized spacial score (nSPS) is 10.9. The lowest BCUT2D eigenvalue weighted by atomic mass is 9.97. The molecule has 150 valence electrons. The third kappa shape index (κ3) is 5.34. The average molecular weight is 465 g/mol. The van der Waals surface area contributed by atoms with Crippen LogP contribution in [0.1, 0.15) is 16.7 Å². The monoisotopic (exact) mass is 464 g/mol. The van der Waals surface area contributed by atoms with Crippen LogP contribution < -0.4 is 10.1 Å². The molecule has 4 nitrogen and oxygen atoms in total. The molecule has 0 aliphatic carbocycles. The van der Waals surface area contributed by atoms with E-state index in [0.29, 0.717) is 29.0 Å². The van der Waals surface area contributed by atoms with Crippen molar-refractivity contribution in [2.45, 2.75) is 6.42 Å². The Morgan fingerprint density at radius 3 is 2.53 bits per heavy atom. The van der Waals surface area contributed by atoms with Gasteiger partial charge in [0.15, 0.2) is 0 Å². The number of halogens is 2. The molecular formula is C24H18BrFN2O2. The first-order valence-corrected chi connectivity index (χ1v) is 9.88. The van der Waals surface area contributed by atoms with Crippen molar-refractivity contribution in [1.82, 2.24) is 0 Å². The van der Waals surface area contributed by atoms with Crippen molar-refractivity contribution >= 4 is 33.6 Å². The second kappa shape index (κ2) is 9.86. The SMILES string of the molecule is COc1ccc(/C=C(\C#N)C(=O)Nc2ccc(Br)cc2)c(Cc2ccccc2F)c1. The van der Waals surface area contributed by atoms with Gasteiger partial charge in [0, 0.05) is 16.6 Å². The number of rotatable bonds is 6. The van der Waals surface area contributed by atoms with E-state index in [1.807, 2.05) is 6.07 Å². The first kappa shape index (κ1) is 21.3. The van der Waals surface area contributed by atoms with Crippen LogP contribution >= 0.6 is 15.9 Å². The summed E-state index contributed by atoms with van der Waals surface area (Å²) in [7, 11) is 1.55. The van der Waals surface area contributed by atoms with Crippen LogP contribution in [0.4, 0.5) is 10.1 Å². The molecule has 0 aliphatic heterocycles. The van der Waals surface area contributed by atoms with Gasteiger partial charge in [-0.1, -0.05) is 40.2 Å².